The number of hydrogen-bond donors (Lipinski definition) is 1. The predicted octanol–water partition coefficient (Wildman–Crippen LogP) is 3.80. The van der Waals surface area contributed by atoms with Gasteiger partial charge in [0, 0.05) is 17.8 Å². The maximum Gasteiger partial charge on any atom is 0.142 e. The normalized spacial score (nSPS) is 15.9. The molecular weight excluding hydrogens is 269 g/mol. The van der Waals surface area contributed by atoms with Crippen LogP contribution in [0.15, 0.2) is 42.5 Å². The lowest BCUT2D eigenvalue weighted by Crippen LogP contribution is -2.20. The number of halogens is 1. The van der Waals surface area contributed by atoms with Crippen LogP contribution in [-0.2, 0) is 0 Å². The zero-order chi connectivity index (χ0) is 14.8. The predicted molar refractivity (Wildman–Crippen MR) is 80.6 cm³/mol. The van der Waals surface area contributed by atoms with Gasteiger partial charge in [-0.1, -0.05) is 18.2 Å². The second kappa shape index (κ2) is 5.74. The molecule has 2 aromatic carbocycles. The largest absolute Gasteiger partial charge is 0.491 e. The number of nitrogens with zero attached hydrogens (tertiary/aromatic N) is 1. The van der Waals surface area contributed by atoms with Crippen molar-refractivity contribution in [2.45, 2.75) is 19.4 Å². The van der Waals surface area contributed by atoms with Gasteiger partial charge in [-0.15, -0.1) is 0 Å². The van der Waals surface area contributed by atoms with E-state index < -0.39 is 6.10 Å². The number of benzene rings is 2. The number of anilines is 2. The first-order chi connectivity index (χ1) is 10.2. The van der Waals surface area contributed by atoms with Crippen LogP contribution in [-0.4, -0.2) is 18.3 Å². The summed E-state index contributed by atoms with van der Waals surface area (Å²) < 4.78 is 19.8. The molecule has 0 fully saturated rings. The molecule has 0 spiro atoms. The highest BCUT2D eigenvalue weighted by Crippen LogP contribution is 2.39. The molecule has 0 unspecified atom stereocenters. The van der Waals surface area contributed by atoms with Crippen LogP contribution in [0.2, 0.25) is 0 Å². The summed E-state index contributed by atoms with van der Waals surface area (Å²) in [4.78, 5) is 2.02. The minimum absolute atomic E-state index is 0.328. The van der Waals surface area contributed by atoms with Crippen LogP contribution in [0, 0.1) is 5.82 Å². The van der Waals surface area contributed by atoms with E-state index in [1.807, 2.05) is 35.2 Å². The lowest BCUT2D eigenvalue weighted by atomic mass is 10.1. The van der Waals surface area contributed by atoms with E-state index in [0.29, 0.717) is 17.9 Å². The Bertz CT molecular complexity index is 642. The van der Waals surface area contributed by atoms with E-state index in [4.69, 9.17) is 4.74 Å². The van der Waals surface area contributed by atoms with Crippen molar-refractivity contribution in [2.75, 3.05) is 18.1 Å². The number of rotatable bonds is 2. The SMILES string of the molecule is C[C@@H](O)c1c(F)cccc1N1CCCOc2ccccc21. The summed E-state index contributed by atoms with van der Waals surface area (Å²) in [6.45, 7) is 2.94. The fraction of sp³-hybridized carbons (Fsp3) is 0.294. The molecule has 3 rings (SSSR count). The molecule has 2 aromatic rings. The average Bonchev–Trinajstić information content (AvgIpc) is 2.68. The standard InChI is InChI=1S/C17H18FNO2/c1-12(20)17-13(18)6-4-8-15(17)19-10-5-11-21-16-9-3-2-7-14(16)19/h2-4,6-9,12,20H,5,10-11H2,1H3/t12-/m1/s1. The van der Waals surface area contributed by atoms with Gasteiger partial charge in [-0.2, -0.15) is 0 Å². The molecule has 0 radical (unpaired) electrons. The van der Waals surface area contributed by atoms with Crippen molar-refractivity contribution in [3.05, 3.63) is 53.8 Å². The van der Waals surface area contributed by atoms with Crippen LogP contribution >= 0.6 is 0 Å². The van der Waals surface area contributed by atoms with Crippen LogP contribution in [0.25, 0.3) is 0 Å². The lowest BCUT2D eigenvalue weighted by molar-refractivity contribution is 0.194. The molecule has 1 N–H and O–H groups in total. The van der Waals surface area contributed by atoms with Crippen molar-refractivity contribution in [3.8, 4) is 5.75 Å². The molecule has 3 nitrogen and oxygen atoms in total. The van der Waals surface area contributed by atoms with Crippen molar-refractivity contribution < 1.29 is 14.2 Å². The van der Waals surface area contributed by atoms with Gasteiger partial charge < -0.3 is 14.7 Å². The van der Waals surface area contributed by atoms with Gasteiger partial charge in [0.1, 0.15) is 11.6 Å². The first-order valence-corrected chi connectivity index (χ1v) is 7.14. The highest BCUT2D eigenvalue weighted by molar-refractivity contribution is 5.72. The van der Waals surface area contributed by atoms with E-state index in [-0.39, 0.29) is 5.82 Å². The monoisotopic (exact) mass is 287 g/mol. The summed E-state index contributed by atoms with van der Waals surface area (Å²) in [6.07, 6.45) is -0.0257. The van der Waals surface area contributed by atoms with Gasteiger partial charge >= 0.3 is 0 Å². The van der Waals surface area contributed by atoms with Crippen LogP contribution < -0.4 is 9.64 Å². The maximum atomic E-state index is 14.1. The van der Waals surface area contributed by atoms with E-state index >= 15 is 0 Å². The Balaban J connectivity index is 2.15. The Morgan fingerprint density at radius 2 is 1.90 bits per heavy atom. The van der Waals surface area contributed by atoms with Crippen LogP contribution in [0.1, 0.15) is 25.0 Å². The molecule has 1 heterocycles. The Morgan fingerprint density at radius 3 is 2.71 bits per heavy atom. The topological polar surface area (TPSA) is 32.7 Å². The highest BCUT2D eigenvalue weighted by Gasteiger charge is 2.23. The summed E-state index contributed by atoms with van der Waals surface area (Å²) in [5, 5.41) is 9.94. The second-order valence-corrected chi connectivity index (χ2v) is 5.17. The summed E-state index contributed by atoms with van der Waals surface area (Å²) >= 11 is 0. The summed E-state index contributed by atoms with van der Waals surface area (Å²) in [7, 11) is 0. The first-order valence-electron chi connectivity index (χ1n) is 7.14. The molecule has 1 aliphatic heterocycles. The molecule has 0 saturated carbocycles. The van der Waals surface area contributed by atoms with Crippen LogP contribution in [0.3, 0.4) is 0 Å². The lowest BCUT2D eigenvalue weighted by Gasteiger charge is -2.27. The molecule has 1 atom stereocenters. The van der Waals surface area contributed by atoms with E-state index in [1.54, 1.807) is 13.0 Å². The van der Waals surface area contributed by atoms with Crippen molar-refractivity contribution in [3.63, 3.8) is 0 Å². The van der Waals surface area contributed by atoms with Gasteiger partial charge in [-0.25, -0.2) is 4.39 Å². The number of hydrogen-bond acceptors (Lipinski definition) is 3. The quantitative estimate of drug-likeness (QED) is 0.912. The second-order valence-electron chi connectivity index (χ2n) is 5.17. The van der Waals surface area contributed by atoms with E-state index in [1.165, 1.54) is 6.07 Å². The highest BCUT2D eigenvalue weighted by atomic mass is 19.1. The molecule has 110 valence electrons. The molecule has 0 aromatic heterocycles. The van der Waals surface area contributed by atoms with Gasteiger partial charge in [-0.3, -0.25) is 0 Å². The zero-order valence-electron chi connectivity index (χ0n) is 11.9. The Hall–Kier alpha value is -2.07. The number of ether oxygens (including phenoxy) is 1. The van der Waals surface area contributed by atoms with Gasteiger partial charge in [0.2, 0.25) is 0 Å². The van der Waals surface area contributed by atoms with Gasteiger partial charge in [-0.05, 0) is 37.6 Å². The summed E-state index contributed by atoms with van der Waals surface area (Å²) in [5.74, 6) is 0.404. The van der Waals surface area contributed by atoms with Crippen molar-refractivity contribution in [1.82, 2.24) is 0 Å². The van der Waals surface area contributed by atoms with Crippen LogP contribution in [0.4, 0.5) is 15.8 Å². The third-order valence-electron chi connectivity index (χ3n) is 3.68. The van der Waals surface area contributed by atoms with E-state index in [0.717, 1.165) is 24.4 Å². The molecule has 0 bridgehead atoms. The van der Waals surface area contributed by atoms with Crippen molar-refractivity contribution in [2.24, 2.45) is 0 Å². The fourth-order valence-electron chi connectivity index (χ4n) is 2.75. The third kappa shape index (κ3) is 2.59. The minimum Gasteiger partial charge on any atom is -0.491 e. The van der Waals surface area contributed by atoms with Gasteiger partial charge in [0.05, 0.1) is 18.4 Å². The summed E-state index contributed by atoms with van der Waals surface area (Å²) in [6, 6.07) is 12.6. The van der Waals surface area contributed by atoms with Crippen molar-refractivity contribution in [1.29, 1.82) is 0 Å². The van der Waals surface area contributed by atoms with Crippen LogP contribution in [0.5, 0.6) is 5.75 Å². The molecule has 0 aliphatic carbocycles. The Morgan fingerprint density at radius 1 is 1.14 bits per heavy atom. The zero-order valence-corrected chi connectivity index (χ0v) is 11.9. The Kier molecular flexibility index (Phi) is 3.80. The first kappa shape index (κ1) is 13.9. The molecule has 0 amide bonds. The molecular formula is C17H18FNO2. The molecule has 21 heavy (non-hydrogen) atoms. The van der Waals surface area contributed by atoms with Crippen molar-refractivity contribution >= 4 is 11.4 Å². The molecule has 0 saturated heterocycles. The fourth-order valence-corrected chi connectivity index (χ4v) is 2.75. The van der Waals surface area contributed by atoms with E-state index in [9.17, 15) is 9.50 Å². The smallest absolute Gasteiger partial charge is 0.142 e. The summed E-state index contributed by atoms with van der Waals surface area (Å²) in [5.41, 5.74) is 1.93. The number of aliphatic hydroxyl groups excluding tert-OH is 1. The molecule has 1 aliphatic rings. The van der Waals surface area contributed by atoms with E-state index in [2.05, 4.69) is 0 Å². The van der Waals surface area contributed by atoms with Gasteiger partial charge in [0.25, 0.3) is 0 Å². The number of aliphatic hydroxyl groups is 1. The average molecular weight is 287 g/mol. The Labute approximate surface area is 123 Å². The number of fused-ring (bicyclic) bond motifs is 1. The minimum atomic E-state index is -0.863. The third-order valence-corrected chi connectivity index (χ3v) is 3.68. The number of para-hydroxylation sites is 2. The van der Waals surface area contributed by atoms with Gasteiger partial charge in [0.15, 0.2) is 0 Å². The molecule has 4 heteroatoms. The maximum absolute atomic E-state index is 14.1.